The number of carboxylic acids is 1. The molecule has 1 aliphatic heterocycles. The standard InChI is InChI=1S/C18H19N5O2/c24-18(25)15-3-1-2-4-17(15)23-11-14(19-12-23)10-22-8-6-13(9-22)16-5-7-20-21-16/h1-5,7,11-13H,6,8-10H2,(H,20,21)(H,24,25). The van der Waals surface area contributed by atoms with E-state index in [-0.39, 0.29) is 5.56 Å². The molecule has 0 aliphatic carbocycles. The smallest absolute Gasteiger partial charge is 0.337 e. The summed E-state index contributed by atoms with van der Waals surface area (Å²) in [6, 6.07) is 8.99. The highest BCUT2D eigenvalue weighted by Gasteiger charge is 2.25. The zero-order valence-corrected chi connectivity index (χ0v) is 13.7. The minimum Gasteiger partial charge on any atom is -0.478 e. The summed E-state index contributed by atoms with van der Waals surface area (Å²) in [5.41, 5.74) is 3.02. The van der Waals surface area contributed by atoms with Crippen LogP contribution in [-0.2, 0) is 6.54 Å². The second kappa shape index (κ2) is 6.52. The van der Waals surface area contributed by atoms with Gasteiger partial charge in [0.25, 0.3) is 0 Å². The number of carboxylic acid groups (broad SMARTS) is 1. The SMILES string of the molecule is O=C(O)c1ccccc1-n1cnc(CN2CCC(c3ccn[nH]3)C2)c1. The van der Waals surface area contributed by atoms with Crippen molar-refractivity contribution in [2.75, 3.05) is 13.1 Å². The molecule has 1 fully saturated rings. The fourth-order valence-electron chi connectivity index (χ4n) is 3.41. The molecule has 25 heavy (non-hydrogen) atoms. The maximum Gasteiger partial charge on any atom is 0.337 e. The summed E-state index contributed by atoms with van der Waals surface area (Å²) >= 11 is 0. The molecule has 1 aliphatic rings. The maximum atomic E-state index is 11.4. The third kappa shape index (κ3) is 3.18. The number of hydrogen-bond donors (Lipinski definition) is 2. The average Bonchev–Trinajstić information content (AvgIpc) is 3.36. The Labute approximate surface area is 144 Å². The first-order valence-electron chi connectivity index (χ1n) is 8.28. The van der Waals surface area contributed by atoms with E-state index in [2.05, 4.69) is 20.1 Å². The number of aromatic carboxylic acids is 1. The van der Waals surface area contributed by atoms with Gasteiger partial charge in [-0.25, -0.2) is 9.78 Å². The van der Waals surface area contributed by atoms with Crippen molar-refractivity contribution >= 4 is 5.97 Å². The van der Waals surface area contributed by atoms with Crippen molar-refractivity contribution in [3.05, 3.63) is 66.0 Å². The lowest BCUT2D eigenvalue weighted by molar-refractivity contribution is 0.0697. The Morgan fingerprint density at radius 3 is 3.00 bits per heavy atom. The second-order valence-corrected chi connectivity index (χ2v) is 6.33. The molecule has 4 rings (SSSR count). The van der Waals surface area contributed by atoms with E-state index in [4.69, 9.17) is 0 Å². The molecular formula is C18H19N5O2. The van der Waals surface area contributed by atoms with Crippen molar-refractivity contribution in [1.82, 2.24) is 24.6 Å². The summed E-state index contributed by atoms with van der Waals surface area (Å²) in [7, 11) is 0. The Bertz CT molecular complexity index is 871. The molecule has 0 amide bonds. The number of likely N-dealkylation sites (tertiary alicyclic amines) is 1. The number of aromatic amines is 1. The van der Waals surface area contributed by atoms with E-state index in [9.17, 15) is 9.90 Å². The van der Waals surface area contributed by atoms with Crippen LogP contribution in [0.2, 0.25) is 0 Å². The van der Waals surface area contributed by atoms with Crippen LogP contribution in [0.25, 0.3) is 5.69 Å². The molecule has 0 saturated carbocycles. The number of hydrogen-bond acceptors (Lipinski definition) is 4. The molecule has 1 atom stereocenters. The number of nitrogens with zero attached hydrogens (tertiary/aromatic N) is 4. The van der Waals surface area contributed by atoms with Crippen LogP contribution >= 0.6 is 0 Å². The number of rotatable bonds is 5. The first kappa shape index (κ1) is 15.6. The summed E-state index contributed by atoms with van der Waals surface area (Å²) < 4.78 is 1.78. The number of carbonyl (C=O) groups is 1. The van der Waals surface area contributed by atoms with Gasteiger partial charge in [0.2, 0.25) is 0 Å². The second-order valence-electron chi connectivity index (χ2n) is 6.33. The van der Waals surface area contributed by atoms with Crippen LogP contribution in [-0.4, -0.2) is 48.8 Å². The van der Waals surface area contributed by atoms with Gasteiger partial charge in [-0.1, -0.05) is 12.1 Å². The van der Waals surface area contributed by atoms with Crippen molar-refractivity contribution in [2.24, 2.45) is 0 Å². The summed E-state index contributed by atoms with van der Waals surface area (Å²) in [5, 5.41) is 16.4. The molecule has 0 bridgehead atoms. The molecule has 1 unspecified atom stereocenters. The Kier molecular flexibility index (Phi) is 4.07. The molecule has 1 saturated heterocycles. The average molecular weight is 337 g/mol. The van der Waals surface area contributed by atoms with E-state index in [1.807, 2.05) is 18.3 Å². The van der Waals surface area contributed by atoms with Crippen LogP contribution < -0.4 is 0 Å². The zero-order chi connectivity index (χ0) is 17.2. The molecule has 2 N–H and O–H groups in total. The first-order valence-corrected chi connectivity index (χ1v) is 8.28. The number of imidazole rings is 1. The number of benzene rings is 1. The third-order valence-electron chi connectivity index (χ3n) is 4.67. The van der Waals surface area contributed by atoms with Gasteiger partial charge in [0.1, 0.15) is 0 Å². The quantitative estimate of drug-likeness (QED) is 0.746. The maximum absolute atomic E-state index is 11.4. The largest absolute Gasteiger partial charge is 0.478 e. The van der Waals surface area contributed by atoms with Gasteiger partial charge >= 0.3 is 5.97 Å². The predicted octanol–water partition coefficient (Wildman–Crippen LogP) is 2.28. The van der Waals surface area contributed by atoms with Crippen LogP contribution in [0.3, 0.4) is 0 Å². The Morgan fingerprint density at radius 1 is 1.32 bits per heavy atom. The molecule has 3 aromatic rings. The molecule has 1 aromatic carbocycles. The van der Waals surface area contributed by atoms with E-state index in [0.29, 0.717) is 11.6 Å². The number of para-hydroxylation sites is 1. The fraction of sp³-hybridized carbons (Fsp3) is 0.278. The normalized spacial score (nSPS) is 17.8. The van der Waals surface area contributed by atoms with Gasteiger partial charge in [0.05, 0.1) is 23.3 Å². The third-order valence-corrected chi connectivity index (χ3v) is 4.67. The lowest BCUT2D eigenvalue weighted by atomic mass is 10.1. The van der Waals surface area contributed by atoms with Gasteiger partial charge in [-0.3, -0.25) is 10.00 Å². The highest BCUT2D eigenvalue weighted by Crippen LogP contribution is 2.26. The molecule has 7 nitrogen and oxygen atoms in total. The Hall–Kier alpha value is -2.93. The monoisotopic (exact) mass is 337 g/mol. The fourth-order valence-corrected chi connectivity index (χ4v) is 3.41. The molecule has 7 heteroatoms. The highest BCUT2D eigenvalue weighted by atomic mass is 16.4. The minimum absolute atomic E-state index is 0.270. The summed E-state index contributed by atoms with van der Waals surface area (Å²) in [6.07, 6.45) is 6.48. The van der Waals surface area contributed by atoms with E-state index in [1.165, 1.54) is 5.69 Å². The van der Waals surface area contributed by atoms with Crippen molar-refractivity contribution in [3.8, 4) is 5.69 Å². The molecule has 2 aromatic heterocycles. The van der Waals surface area contributed by atoms with Crippen LogP contribution in [0.4, 0.5) is 0 Å². The lowest BCUT2D eigenvalue weighted by Crippen LogP contribution is -2.20. The van der Waals surface area contributed by atoms with Crippen LogP contribution in [0.5, 0.6) is 0 Å². The van der Waals surface area contributed by atoms with E-state index < -0.39 is 5.97 Å². The lowest BCUT2D eigenvalue weighted by Gasteiger charge is -2.13. The van der Waals surface area contributed by atoms with Gasteiger partial charge in [0.15, 0.2) is 0 Å². The Morgan fingerprint density at radius 2 is 2.20 bits per heavy atom. The summed E-state index contributed by atoms with van der Waals surface area (Å²) in [4.78, 5) is 18.2. The van der Waals surface area contributed by atoms with Crippen LogP contribution in [0.1, 0.15) is 34.1 Å². The predicted molar refractivity (Wildman–Crippen MR) is 91.7 cm³/mol. The van der Waals surface area contributed by atoms with Gasteiger partial charge in [-0.05, 0) is 31.2 Å². The van der Waals surface area contributed by atoms with Gasteiger partial charge < -0.3 is 9.67 Å². The molecular weight excluding hydrogens is 318 g/mol. The van der Waals surface area contributed by atoms with Crippen molar-refractivity contribution < 1.29 is 9.90 Å². The zero-order valence-electron chi connectivity index (χ0n) is 13.7. The number of H-pyrrole nitrogens is 1. The van der Waals surface area contributed by atoms with Crippen molar-refractivity contribution in [1.29, 1.82) is 0 Å². The number of aromatic nitrogens is 4. The van der Waals surface area contributed by atoms with Crippen molar-refractivity contribution in [3.63, 3.8) is 0 Å². The van der Waals surface area contributed by atoms with Gasteiger partial charge in [-0.15, -0.1) is 0 Å². The summed E-state index contributed by atoms with van der Waals surface area (Å²) in [5.74, 6) is -0.454. The van der Waals surface area contributed by atoms with Crippen LogP contribution in [0.15, 0.2) is 49.1 Å². The van der Waals surface area contributed by atoms with E-state index >= 15 is 0 Å². The van der Waals surface area contributed by atoms with Gasteiger partial charge in [0, 0.05) is 37.1 Å². The molecule has 128 valence electrons. The molecule has 3 heterocycles. The Balaban J connectivity index is 1.47. The minimum atomic E-state index is -0.937. The van der Waals surface area contributed by atoms with E-state index in [0.717, 1.165) is 31.7 Å². The van der Waals surface area contributed by atoms with Crippen molar-refractivity contribution in [2.45, 2.75) is 18.9 Å². The highest BCUT2D eigenvalue weighted by molar-refractivity contribution is 5.91. The molecule has 0 spiro atoms. The first-order chi connectivity index (χ1) is 12.2. The number of nitrogens with one attached hydrogen (secondary N) is 1. The topological polar surface area (TPSA) is 87.0 Å². The molecule has 0 radical (unpaired) electrons. The van der Waals surface area contributed by atoms with E-state index in [1.54, 1.807) is 35.3 Å². The van der Waals surface area contributed by atoms with Gasteiger partial charge in [-0.2, -0.15) is 5.10 Å². The van der Waals surface area contributed by atoms with Crippen LogP contribution in [0, 0.1) is 0 Å². The summed E-state index contributed by atoms with van der Waals surface area (Å²) in [6.45, 7) is 2.75.